The second-order valence-electron chi connectivity index (χ2n) is 10.8. The van der Waals surface area contributed by atoms with Crippen molar-refractivity contribution in [1.29, 1.82) is 0 Å². The summed E-state index contributed by atoms with van der Waals surface area (Å²) in [6, 6.07) is 14.9. The van der Waals surface area contributed by atoms with E-state index in [1.54, 1.807) is 0 Å². The van der Waals surface area contributed by atoms with Crippen LogP contribution in [0.1, 0.15) is 66.5 Å². The SMILES string of the molecule is C=C1c2c(C)cccc2C=C(CNc2ncnc(N)c2C(C)N)N1c1ccccc1CCCN1CCCCC1. The molecule has 0 saturated carbocycles. The molecular formula is C32H41N7. The lowest BCUT2D eigenvalue weighted by atomic mass is 9.93. The molecule has 3 aromatic rings. The molecule has 1 unspecified atom stereocenters. The fourth-order valence-corrected chi connectivity index (χ4v) is 5.95. The summed E-state index contributed by atoms with van der Waals surface area (Å²) < 4.78 is 0. The number of nitrogens with two attached hydrogens (primary N) is 2. The molecule has 0 bridgehead atoms. The molecule has 2 aliphatic rings. The molecular weight excluding hydrogens is 482 g/mol. The van der Waals surface area contributed by atoms with Crippen molar-refractivity contribution in [2.45, 2.75) is 52.0 Å². The minimum absolute atomic E-state index is 0.288. The second kappa shape index (κ2) is 12.0. The van der Waals surface area contributed by atoms with E-state index in [9.17, 15) is 0 Å². The van der Waals surface area contributed by atoms with Gasteiger partial charge in [0.2, 0.25) is 0 Å². The molecule has 1 saturated heterocycles. The van der Waals surface area contributed by atoms with E-state index in [2.05, 4.69) is 87.1 Å². The fraction of sp³-hybridized carbons (Fsp3) is 0.375. The molecule has 1 aromatic heterocycles. The molecule has 0 aliphatic carbocycles. The van der Waals surface area contributed by atoms with E-state index >= 15 is 0 Å². The van der Waals surface area contributed by atoms with E-state index in [1.807, 2.05) is 6.92 Å². The first-order chi connectivity index (χ1) is 18.9. The summed E-state index contributed by atoms with van der Waals surface area (Å²) in [7, 11) is 0. The van der Waals surface area contributed by atoms with Gasteiger partial charge in [0.15, 0.2) is 0 Å². The van der Waals surface area contributed by atoms with Gasteiger partial charge in [0.05, 0.1) is 12.1 Å². The van der Waals surface area contributed by atoms with Gasteiger partial charge in [-0.15, -0.1) is 0 Å². The smallest absolute Gasteiger partial charge is 0.136 e. The lowest BCUT2D eigenvalue weighted by molar-refractivity contribution is 0.226. The van der Waals surface area contributed by atoms with Gasteiger partial charge in [-0.25, -0.2) is 9.97 Å². The number of aryl methyl sites for hydroxylation is 2. The molecule has 0 spiro atoms. The van der Waals surface area contributed by atoms with Crippen LogP contribution in [0.4, 0.5) is 17.3 Å². The Labute approximate surface area is 232 Å². The first-order valence-corrected chi connectivity index (χ1v) is 14.1. The lowest BCUT2D eigenvalue weighted by Gasteiger charge is -2.36. The molecule has 0 amide bonds. The summed E-state index contributed by atoms with van der Waals surface area (Å²) in [5, 5.41) is 3.51. The minimum Gasteiger partial charge on any atom is -0.383 e. The summed E-state index contributed by atoms with van der Waals surface area (Å²) in [4.78, 5) is 13.5. The molecule has 2 aliphatic heterocycles. The Kier molecular flexibility index (Phi) is 8.29. The average Bonchev–Trinajstić information content (AvgIpc) is 2.93. The molecule has 39 heavy (non-hydrogen) atoms. The van der Waals surface area contributed by atoms with Crippen molar-refractivity contribution in [3.63, 3.8) is 0 Å². The van der Waals surface area contributed by atoms with E-state index in [0.29, 0.717) is 18.2 Å². The van der Waals surface area contributed by atoms with Gasteiger partial charge in [0.25, 0.3) is 0 Å². The number of nitrogens with zero attached hydrogens (tertiary/aromatic N) is 4. The van der Waals surface area contributed by atoms with Gasteiger partial charge in [-0.2, -0.15) is 0 Å². The maximum atomic E-state index is 6.22. The van der Waals surface area contributed by atoms with Crippen LogP contribution < -0.4 is 21.7 Å². The van der Waals surface area contributed by atoms with Crippen LogP contribution in [0.3, 0.4) is 0 Å². The molecule has 1 fully saturated rings. The number of likely N-dealkylation sites (tertiary alicyclic amines) is 1. The van der Waals surface area contributed by atoms with E-state index in [0.717, 1.165) is 36.3 Å². The topological polar surface area (TPSA) is 96.3 Å². The number of aromatic nitrogens is 2. The van der Waals surface area contributed by atoms with Gasteiger partial charge < -0.3 is 26.6 Å². The number of nitrogens with one attached hydrogen (secondary N) is 1. The highest BCUT2D eigenvalue weighted by Gasteiger charge is 2.27. The van der Waals surface area contributed by atoms with Gasteiger partial charge in [-0.05, 0) is 88.0 Å². The van der Waals surface area contributed by atoms with Crippen LogP contribution in [-0.2, 0) is 6.42 Å². The third kappa shape index (κ3) is 5.84. The summed E-state index contributed by atoms with van der Waals surface area (Å²) in [6.45, 7) is 12.8. The molecule has 2 aromatic carbocycles. The zero-order valence-corrected chi connectivity index (χ0v) is 23.3. The van der Waals surface area contributed by atoms with E-state index in [4.69, 9.17) is 11.5 Å². The van der Waals surface area contributed by atoms with Crippen molar-refractivity contribution >= 4 is 29.1 Å². The van der Waals surface area contributed by atoms with Crippen molar-refractivity contribution in [2.24, 2.45) is 5.73 Å². The Morgan fingerprint density at radius 2 is 1.85 bits per heavy atom. The first-order valence-electron chi connectivity index (χ1n) is 14.1. The molecule has 5 N–H and O–H groups in total. The highest BCUT2D eigenvalue weighted by molar-refractivity contribution is 5.93. The number of nitrogen functional groups attached to an aromatic ring is 1. The quantitative estimate of drug-likeness (QED) is 0.329. The van der Waals surface area contributed by atoms with Crippen LogP contribution in [0.5, 0.6) is 0 Å². The van der Waals surface area contributed by atoms with Crippen molar-refractivity contribution < 1.29 is 0 Å². The first kappa shape index (κ1) is 26.9. The Bertz CT molecular complexity index is 1350. The molecule has 1 atom stereocenters. The number of piperidine rings is 1. The molecule has 204 valence electrons. The Hall–Kier alpha value is -3.68. The summed E-state index contributed by atoms with van der Waals surface area (Å²) in [5.41, 5.74) is 21.3. The monoisotopic (exact) mass is 523 g/mol. The van der Waals surface area contributed by atoms with E-state index < -0.39 is 0 Å². The zero-order chi connectivity index (χ0) is 27.4. The van der Waals surface area contributed by atoms with E-state index in [1.165, 1.54) is 66.6 Å². The predicted octanol–water partition coefficient (Wildman–Crippen LogP) is 5.75. The third-order valence-corrected chi connectivity index (χ3v) is 7.88. The van der Waals surface area contributed by atoms with Crippen molar-refractivity contribution in [1.82, 2.24) is 14.9 Å². The average molecular weight is 524 g/mol. The molecule has 7 heteroatoms. The van der Waals surface area contributed by atoms with Gasteiger partial charge in [0.1, 0.15) is 18.0 Å². The Morgan fingerprint density at radius 1 is 1.05 bits per heavy atom. The van der Waals surface area contributed by atoms with Gasteiger partial charge >= 0.3 is 0 Å². The summed E-state index contributed by atoms with van der Waals surface area (Å²) >= 11 is 0. The number of fused-ring (bicyclic) bond motifs is 1. The number of hydrogen-bond acceptors (Lipinski definition) is 7. The second-order valence-corrected chi connectivity index (χ2v) is 10.8. The number of anilines is 3. The maximum absolute atomic E-state index is 6.22. The van der Waals surface area contributed by atoms with E-state index in [-0.39, 0.29) is 6.04 Å². The number of hydrogen-bond donors (Lipinski definition) is 3. The van der Waals surface area contributed by atoms with Gasteiger partial charge in [0, 0.05) is 28.7 Å². The Morgan fingerprint density at radius 3 is 2.64 bits per heavy atom. The molecule has 5 rings (SSSR count). The van der Waals surface area contributed by atoms with Gasteiger partial charge in [-0.1, -0.05) is 49.4 Å². The minimum atomic E-state index is -0.288. The normalized spacial score (nSPS) is 16.5. The fourth-order valence-electron chi connectivity index (χ4n) is 5.95. The Balaban J connectivity index is 1.46. The van der Waals surface area contributed by atoms with Crippen LogP contribution >= 0.6 is 0 Å². The number of benzene rings is 2. The number of rotatable bonds is 9. The highest BCUT2D eigenvalue weighted by atomic mass is 15.2. The highest BCUT2D eigenvalue weighted by Crippen LogP contribution is 2.40. The van der Waals surface area contributed by atoms with Gasteiger partial charge in [-0.3, -0.25) is 0 Å². The van der Waals surface area contributed by atoms with Crippen LogP contribution in [0.15, 0.2) is 61.1 Å². The lowest BCUT2D eigenvalue weighted by Crippen LogP contribution is -2.31. The number of para-hydroxylation sites is 1. The zero-order valence-electron chi connectivity index (χ0n) is 23.3. The molecule has 0 radical (unpaired) electrons. The third-order valence-electron chi connectivity index (χ3n) is 7.88. The largest absolute Gasteiger partial charge is 0.383 e. The van der Waals surface area contributed by atoms with Crippen LogP contribution in [0.2, 0.25) is 0 Å². The summed E-state index contributed by atoms with van der Waals surface area (Å²) in [6.07, 6.45) is 9.92. The summed E-state index contributed by atoms with van der Waals surface area (Å²) in [5.74, 6) is 1.07. The van der Waals surface area contributed by atoms with Crippen molar-refractivity contribution in [3.8, 4) is 0 Å². The van der Waals surface area contributed by atoms with Crippen LogP contribution in [0.25, 0.3) is 11.8 Å². The standard InChI is InChI=1S/C32H41N7/c1-22-11-9-13-26-19-27(20-35-32-30(23(2)33)31(34)36-21-37-32)39(24(3)29(22)26)28-15-6-5-12-25(28)14-10-18-38-16-7-4-8-17-38/h5-6,9,11-13,15,19,21,23H,3-4,7-8,10,14,16-18,20,33H2,1-2H3,(H3,34,35,36,37). The van der Waals surface area contributed by atoms with Crippen LogP contribution in [-0.4, -0.2) is 41.0 Å². The predicted molar refractivity (Wildman–Crippen MR) is 163 cm³/mol. The van der Waals surface area contributed by atoms with Crippen molar-refractivity contribution in [3.05, 3.63) is 88.9 Å². The molecule has 7 nitrogen and oxygen atoms in total. The molecule has 3 heterocycles. The van der Waals surface area contributed by atoms with Crippen LogP contribution in [0, 0.1) is 6.92 Å². The van der Waals surface area contributed by atoms with Crippen molar-refractivity contribution in [2.75, 3.05) is 42.1 Å². The maximum Gasteiger partial charge on any atom is 0.136 e.